The van der Waals surface area contributed by atoms with E-state index in [-0.39, 0.29) is 10.3 Å². The molecule has 116 valence electrons. The van der Waals surface area contributed by atoms with E-state index in [0.717, 1.165) is 12.0 Å². The lowest BCUT2D eigenvalue weighted by atomic mass is 9.86. The SMILES string of the molecule is C#CCCCOc1cc(C)c(S(N)(=O)=O)cc1C(C)(C)C. The molecule has 21 heavy (non-hydrogen) atoms. The van der Waals surface area contributed by atoms with E-state index in [0.29, 0.717) is 24.3 Å². The Morgan fingerprint density at radius 2 is 1.95 bits per heavy atom. The van der Waals surface area contributed by atoms with Crippen LogP contribution in [0.3, 0.4) is 0 Å². The van der Waals surface area contributed by atoms with Crippen molar-refractivity contribution in [3.8, 4) is 18.1 Å². The summed E-state index contributed by atoms with van der Waals surface area (Å²) in [7, 11) is -3.74. The van der Waals surface area contributed by atoms with Gasteiger partial charge < -0.3 is 4.74 Å². The Hall–Kier alpha value is -1.51. The summed E-state index contributed by atoms with van der Waals surface area (Å²) in [6, 6.07) is 3.34. The first-order valence-electron chi connectivity index (χ1n) is 6.81. The normalized spacial score (nSPS) is 12.0. The van der Waals surface area contributed by atoms with Gasteiger partial charge in [0.15, 0.2) is 0 Å². The van der Waals surface area contributed by atoms with Crippen LogP contribution in [0.1, 0.15) is 44.7 Å². The molecule has 0 aliphatic carbocycles. The van der Waals surface area contributed by atoms with E-state index >= 15 is 0 Å². The maximum Gasteiger partial charge on any atom is 0.238 e. The summed E-state index contributed by atoms with van der Waals surface area (Å²) in [5, 5.41) is 5.27. The molecule has 0 aliphatic rings. The molecular formula is C16H23NO3S. The molecule has 4 nitrogen and oxygen atoms in total. The van der Waals surface area contributed by atoms with Gasteiger partial charge in [0.05, 0.1) is 11.5 Å². The molecule has 0 unspecified atom stereocenters. The number of benzene rings is 1. The van der Waals surface area contributed by atoms with E-state index in [9.17, 15) is 8.42 Å². The second-order valence-electron chi connectivity index (χ2n) is 6.07. The second kappa shape index (κ2) is 6.50. The van der Waals surface area contributed by atoms with Crippen LogP contribution in [-0.4, -0.2) is 15.0 Å². The number of hydrogen-bond donors (Lipinski definition) is 1. The molecular weight excluding hydrogens is 286 g/mol. The first-order valence-corrected chi connectivity index (χ1v) is 8.36. The van der Waals surface area contributed by atoms with Crippen LogP contribution in [-0.2, 0) is 15.4 Å². The molecule has 0 spiro atoms. The van der Waals surface area contributed by atoms with Gasteiger partial charge in [-0.3, -0.25) is 0 Å². The van der Waals surface area contributed by atoms with Crippen molar-refractivity contribution in [2.75, 3.05) is 6.61 Å². The minimum Gasteiger partial charge on any atom is -0.493 e. The number of aryl methyl sites for hydroxylation is 1. The molecule has 5 heteroatoms. The molecule has 0 saturated heterocycles. The quantitative estimate of drug-likeness (QED) is 0.671. The molecule has 1 aromatic carbocycles. The maximum absolute atomic E-state index is 11.7. The zero-order valence-electron chi connectivity index (χ0n) is 13.1. The van der Waals surface area contributed by atoms with Crippen LogP contribution in [0.5, 0.6) is 5.75 Å². The van der Waals surface area contributed by atoms with Crippen molar-refractivity contribution in [3.63, 3.8) is 0 Å². The number of hydrogen-bond acceptors (Lipinski definition) is 3. The van der Waals surface area contributed by atoms with E-state index in [4.69, 9.17) is 16.3 Å². The molecule has 0 aromatic heterocycles. The van der Waals surface area contributed by atoms with Crippen LogP contribution in [0.4, 0.5) is 0 Å². The minimum absolute atomic E-state index is 0.142. The van der Waals surface area contributed by atoms with E-state index < -0.39 is 10.0 Å². The smallest absolute Gasteiger partial charge is 0.238 e. The van der Waals surface area contributed by atoms with Gasteiger partial charge in [-0.15, -0.1) is 12.3 Å². The number of primary sulfonamides is 1. The van der Waals surface area contributed by atoms with Crippen molar-refractivity contribution < 1.29 is 13.2 Å². The lowest BCUT2D eigenvalue weighted by Gasteiger charge is -2.24. The van der Waals surface area contributed by atoms with Crippen LogP contribution < -0.4 is 9.88 Å². The minimum atomic E-state index is -3.74. The fourth-order valence-electron chi connectivity index (χ4n) is 2.03. The van der Waals surface area contributed by atoms with Gasteiger partial charge in [-0.1, -0.05) is 20.8 Å². The summed E-state index contributed by atoms with van der Waals surface area (Å²) in [4.78, 5) is 0.142. The highest BCUT2D eigenvalue weighted by Gasteiger charge is 2.23. The Morgan fingerprint density at radius 3 is 2.43 bits per heavy atom. The number of sulfonamides is 1. The van der Waals surface area contributed by atoms with Crippen LogP contribution >= 0.6 is 0 Å². The number of rotatable bonds is 5. The molecule has 0 amide bonds. The Labute approximate surface area is 127 Å². The number of unbranched alkanes of at least 4 members (excludes halogenated alkanes) is 1. The molecule has 0 fully saturated rings. The average Bonchev–Trinajstić information content (AvgIpc) is 2.31. The van der Waals surface area contributed by atoms with Crippen LogP contribution in [0.15, 0.2) is 17.0 Å². The molecule has 1 rings (SSSR count). The van der Waals surface area contributed by atoms with Gasteiger partial charge in [-0.05, 0) is 36.5 Å². The van der Waals surface area contributed by atoms with Gasteiger partial charge in [0.25, 0.3) is 0 Å². The van der Waals surface area contributed by atoms with Gasteiger partial charge in [-0.25, -0.2) is 13.6 Å². The molecule has 0 radical (unpaired) electrons. The first-order chi connectivity index (χ1) is 9.57. The molecule has 0 atom stereocenters. The Bertz CT molecular complexity index is 649. The van der Waals surface area contributed by atoms with Crippen molar-refractivity contribution in [2.24, 2.45) is 5.14 Å². The van der Waals surface area contributed by atoms with E-state index in [1.807, 2.05) is 20.8 Å². The Kier molecular flexibility index (Phi) is 5.43. The maximum atomic E-state index is 11.7. The molecule has 0 heterocycles. The highest BCUT2D eigenvalue weighted by Crippen LogP contribution is 2.35. The van der Waals surface area contributed by atoms with Crippen molar-refractivity contribution in [3.05, 3.63) is 23.3 Å². The summed E-state index contributed by atoms with van der Waals surface area (Å²) < 4.78 is 29.1. The standard InChI is InChI=1S/C16H23NO3S/c1-6-7-8-9-20-14-10-12(2)15(21(17,18)19)11-13(14)16(3,4)5/h1,10-11H,7-9H2,2-5H3,(H2,17,18,19). The van der Waals surface area contributed by atoms with Gasteiger partial charge in [0.2, 0.25) is 10.0 Å². The second-order valence-corrected chi connectivity index (χ2v) is 7.59. The summed E-state index contributed by atoms with van der Waals surface area (Å²) in [6.45, 7) is 8.21. The van der Waals surface area contributed by atoms with E-state index in [2.05, 4.69) is 5.92 Å². The van der Waals surface area contributed by atoms with Crippen molar-refractivity contribution in [1.82, 2.24) is 0 Å². The average molecular weight is 309 g/mol. The first kappa shape index (κ1) is 17.5. The summed E-state index contributed by atoms with van der Waals surface area (Å²) in [5.74, 6) is 3.25. The third kappa shape index (κ3) is 4.76. The lowest BCUT2D eigenvalue weighted by Crippen LogP contribution is -2.19. The predicted molar refractivity (Wildman–Crippen MR) is 84.8 cm³/mol. The largest absolute Gasteiger partial charge is 0.493 e. The predicted octanol–water partition coefficient (Wildman–Crippen LogP) is 2.73. The van der Waals surface area contributed by atoms with Crippen molar-refractivity contribution in [1.29, 1.82) is 0 Å². The molecule has 0 saturated carbocycles. The monoisotopic (exact) mass is 309 g/mol. The topological polar surface area (TPSA) is 69.4 Å². The summed E-state index contributed by atoms with van der Waals surface area (Å²) >= 11 is 0. The fourth-order valence-corrected chi connectivity index (χ4v) is 2.82. The number of terminal acetylenes is 1. The highest BCUT2D eigenvalue weighted by molar-refractivity contribution is 7.89. The van der Waals surface area contributed by atoms with E-state index in [1.54, 1.807) is 19.1 Å². The Morgan fingerprint density at radius 1 is 1.33 bits per heavy atom. The van der Waals surface area contributed by atoms with E-state index in [1.165, 1.54) is 0 Å². The van der Waals surface area contributed by atoms with Gasteiger partial charge >= 0.3 is 0 Å². The third-order valence-corrected chi connectivity index (χ3v) is 4.17. The molecule has 0 bridgehead atoms. The fraction of sp³-hybridized carbons (Fsp3) is 0.500. The van der Waals surface area contributed by atoms with Crippen LogP contribution in [0.2, 0.25) is 0 Å². The number of nitrogens with two attached hydrogens (primary N) is 1. The zero-order chi connectivity index (χ0) is 16.3. The van der Waals surface area contributed by atoms with Crippen LogP contribution in [0.25, 0.3) is 0 Å². The number of ether oxygens (including phenoxy) is 1. The van der Waals surface area contributed by atoms with Gasteiger partial charge in [0, 0.05) is 12.0 Å². The van der Waals surface area contributed by atoms with Gasteiger partial charge in [-0.2, -0.15) is 0 Å². The lowest BCUT2D eigenvalue weighted by molar-refractivity contribution is 0.304. The third-order valence-electron chi connectivity index (χ3n) is 3.11. The summed E-state index contributed by atoms with van der Waals surface area (Å²) in [6.07, 6.45) is 6.62. The molecule has 1 aromatic rings. The van der Waals surface area contributed by atoms with Crippen LogP contribution in [0, 0.1) is 19.3 Å². The molecule has 0 aliphatic heterocycles. The van der Waals surface area contributed by atoms with Crippen molar-refractivity contribution in [2.45, 2.75) is 50.8 Å². The zero-order valence-corrected chi connectivity index (χ0v) is 13.9. The van der Waals surface area contributed by atoms with Gasteiger partial charge in [0.1, 0.15) is 5.75 Å². The van der Waals surface area contributed by atoms with Crippen molar-refractivity contribution >= 4 is 10.0 Å². The summed E-state index contributed by atoms with van der Waals surface area (Å²) in [5.41, 5.74) is 1.14. The highest BCUT2D eigenvalue weighted by atomic mass is 32.2. The Balaban J connectivity index is 3.25. The molecule has 2 N–H and O–H groups in total.